The second-order valence-electron chi connectivity index (χ2n) is 6.46. The molecular weight excluding hydrogens is 316 g/mol. The average molecular weight is 342 g/mol. The van der Waals surface area contributed by atoms with Crippen LogP contribution in [0.5, 0.6) is 5.88 Å². The lowest BCUT2D eigenvalue weighted by Gasteiger charge is -2.27. The molecule has 25 heavy (non-hydrogen) atoms. The molecule has 7 heteroatoms. The highest BCUT2D eigenvalue weighted by molar-refractivity contribution is 6.13. The summed E-state index contributed by atoms with van der Waals surface area (Å²) in [5.41, 5.74) is 7.81. The first-order chi connectivity index (χ1) is 12.0. The summed E-state index contributed by atoms with van der Waals surface area (Å²) in [5.74, 6) is 1.31. The summed E-state index contributed by atoms with van der Waals surface area (Å²) >= 11 is 0. The normalized spacial score (nSPS) is 14.6. The Morgan fingerprint density at radius 3 is 2.68 bits per heavy atom. The number of nitrogens with two attached hydrogens (primary N) is 1. The summed E-state index contributed by atoms with van der Waals surface area (Å²) in [6, 6.07) is 3.55. The zero-order valence-electron chi connectivity index (χ0n) is 14.7. The predicted molar refractivity (Wildman–Crippen MR) is 101 cm³/mol. The van der Waals surface area contributed by atoms with E-state index >= 15 is 0 Å². The standard InChI is InChI=1S/C18H24N6O.H2/c1-12(2)25-17-8-13(14(19)10-21-17)18(20)15-9-16(23-11-22-15)24-6-4-3-5-7-24;/h8-12,20H,3-7,19H2,1-2H3;1H. The maximum atomic E-state index is 8.53. The zero-order valence-corrected chi connectivity index (χ0v) is 14.7. The number of aromatic nitrogens is 3. The van der Waals surface area contributed by atoms with Gasteiger partial charge in [-0.25, -0.2) is 15.0 Å². The molecular formula is C18H26N6O. The van der Waals surface area contributed by atoms with Gasteiger partial charge in [-0.15, -0.1) is 0 Å². The van der Waals surface area contributed by atoms with E-state index in [-0.39, 0.29) is 13.2 Å². The van der Waals surface area contributed by atoms with E-state index in [2.05, 4.69) is 19.9 Å². The molecule has 0 aliphatic carbocycles. The number of piperidine rings is 1. The summed E-state index contributed by atoms with van der Waals surface area (Å²) in [6.45, 7) is 5.85. The van der Waals surface area contributed by atoms with Gasteiger partial charge in [0.2, 0.25) is 5.88 Å². The van der Waals surface area contributed by atoms with E-state index < -0.39 is 0 Å². The summed E-state index contributed by atoms with van der Waals surface area (Å²) in [4.78, 5) is 15.0. The molecule has 134 valence electrons. The lowest BCUT2D eigenvalue weighted by atomic mass is 10.1. The van der Waals surface area contributed by atoms with E-state index in [4.69, 9.17) is 15.9 Å². The van der Waals surface area contributed by atoms with Crippen molar-refractivity contribution in [3.8, 4) is 5.88 Å². The van der Waals surface area contributed by atoms with Gasteiger partial charge in [-0.1, -0.05) is 0 Å². The molecule has 0 atom stereocenters. The summed E-state index contributed by atoms with van der Waals surface area (Å²) < 4.78 is 5.61. The number of nitrogens with one attached hydrogen (secondary N) is 1. The molecule has 0 unspecified atom stereocenters. The van der Waals surface area contributed by atoms with Crippen LogP contribution in [-0.4, -0.2) is 39.9 Å². The smallest absolute Gasteiger partial charge is 0.214 e. The van der Waals surface area contributed by atoms with Crippen molar-refractivity contribution in [1.82, 2.24) is 15.0 Å². The van der Waals surface area contributed by atoms with Gasteiger partial charge in [0.1, 0.15) is 12.1 Å². The van der Waals surface area contributed by atoms with Crippen LogP contribution >= 0.6 is 0 Å². The van der Waals surface area contributed by atoms with Crippen molar-refractivity contribution < 1.29 is 6.16 Å². The molecule has 1 aliphatic rings. The molecule has 1 aliphatic heterocycles. The Kier molecular flexibility index (Phi) is 5.11. The van der Waals surface area contributed by atoms with Crippen molar-refractivity contribution in [2.24, 2.45) is 0 Å². The molecule has 0 aromatic carbocycles. The van der Waals surface area contributed by atoms with Crippen molar-refractivity contribution >= 4 is 17.2 Å². The van der Waals surface area contributed by atoms with Crippen LogP contribution in [0.15, 0.2) is 24.7 Å². The number of nitrogens with zero attached hydrogens (tertiary/aromatic N) is 4. The molecule has 0 saturated carbocycles. The van der Waals surface area contributed by atoms with Gasteiger partial charge in [0.25, 0.3) is 0 Å². The second kappa shape index (κ2) is 7.46. The highest BCUT2D eigenvalue weighted by Gasteiger charge is 2.17. The predicted octanol–water partition coefficient (Wildman–Crippen LogP) is 2.89. The third-order valence-electron chi connectivity index (χ3n) is 4.12. The first kappa shape index (κ1) is 17.1. The minimum Gasteiger partial charge on any atom is -0.475 e. The Morgan fingerprint density at radius 1 is 1.20 bits per heavy atom. The molecule has 2 aromatic rings. The number of hydrogen-bond donors (Lipinski definition) is 2. The monoisotopic (exact) mass is 342 g/mol. The van der Waals surface area contributed by atoms with Crippen LogP contribution in [0.2, 0.25) is 0 Å². The van der Waals surface area contributed by atoms with Gasteiger partial charge >= 0.3 is 0 Å². The minimum atomic E-state index is 0. The quantitative estimate of drug-likeness (QED) is 0.810. The highest BCUT2D eigenvalue weighted by Crippen LogP contribution is 2.22. The van der Waals surface area contributed by atoms with E-state index in [0.717, 1.165) is 18.9 Å². The fraction of sp³-hybridized carbons (Fsp3) is 0.444. The number of hydrogen-bond acceptors (Lipinski definition) is 7. The molecule has 0 amide bonds. The minimum absolute atomic E-state index is 0. The number of nitrogen functional groups attached to an aromatic ring is 1. The number of rotatable bonds is 5. The molecule has 7 nitrogen and oxygen atoms in total. The Morgan fingerprint density at radius 2 is 1.96 bits per heavy atom. The Balaban J connectivity index is 0.00000243. The van der Waals surface area contributed by atoms with Crippen molar-refractivity contribution in [1.29, 1.82) is 5.41 Å². The summed E-state index contributed by atoms with van der Waals surface area (Å²) in [5, 5.41) is 8.53. The molecule has 0 radical (unpaired) electrons. The van der Waals surface area contributed by atoms with Gasteiger partial charge < -0.3 is 15.4 Å². The van der Waals surface area contributed by atoms with Crippen LogP contribution < -0.4 is 15.4 Å². The third-order valence-corrected chi connectivity index (χ3v) is 4.12. The molecule has 3 heterocycles. The molecule has 3 N–H and O–H groups in total. The number of anilines is 2. The first-order valence-corrected chi connectivity index (χ1v) is 8.63. The van der Waals surface area contributed by atoms with Gasteiger partial charge in [0, 0.05) is 32.2 Å². The number of pyridine rings is 1. The van der Waals surface area contributed by atoms with Crippen molar-refractivity contribution in [2.75, 3.05) is 23.7 Å². The molecule has 0 spiro atoms. The van der Waals surface area contributed by atoms with Crippen LogP contribution in [-0.2, 0) is 0 Å². The van der Waals surface area contributed by atoms with Crippen molar-refractivity contribution in [2.45, 2.75) is 39.2 Å². The Hall–Kier alpha value is -2.70. The van der Waals surface area contributed by atoms with Crippen LogP contribution in [0.4, 0.5) is 11.5 Å². The van der Waals surface area contributed by atoms with Gasteiger partial charge in [0.05, 0.1) is 29.4 Å². The van der Waals surface area contributed by atoms with Crippen LogP contribution in [0.3, 0.4) is 0 Å². The SMILES string of the molecule is CC(C)Oc1cc(C(=N)c2cc(N3CCCCC3)ncn2)c(N)cn1.[HH]. The van der Waals surface area contributed by atoms with E-state index in [1.165, 1.54) is 31.8 Å². The fourth-order valence-electron chi connectivity index (χ4n) is 2.89. The van der Waals surface area contributed by atoms with Gasteiger partial charge in [-0.05, 0) is 33.1 Å². The summed E-state index contributed by atoms with van der Waals surface area (Å²) in [7, 11) is 0. The zero-order chi connectivity index (χ0) is 17.8. The van der Waals surface area contributed by atoms with Crippen molar-refractivity contribution in [3.05, 3.63) is 35.9 Å². The highest BCUT2D eigenvalue weighted by atomic mass is 16.5. The van der Waals surface area contributed by atoms with Crippen LogP contribution in [0, 0.1) is 5.41 Å². The average Bonchev–Trinajstić information content (AvgIpc) is 2.63. The summed E-state index contributed by atoms with van der Waals surface area (Å²) in [6.07, 6.45) is 6.64. The molecule has 0 bridgehead atoms. The van der Waals surface area contributed by atoms with Crippen molar-refractivity contribution in [3.63, 3.8) is 0 Å². The maximum absolute atomic E-state index is 8.53. The van der Waals surface area contributed by atoms with E-state index in [1.54, 1.807) is 6.07 Å². The Bertz CT molecular complexity index is 761. The lowest BCUT2D eigenvalue weighted by molar-refractivity contribution is 0.232. The maximum Gasteiger partial charge on any atom is 0.214 e. The topological polar surface area (TPSA) is 101 Å². The van der Waals surface area contributed by atoms with Gasteiger partial charge in [-0.2, -0.15) is 0 Å². The largest absolute Gasteiger partial charge is 0.475 e. The lowest BCUT2D eigenvalue weighted by Crippen LogP contribution is -2.30. The van der Waals surface area contributed by atoms with E-state index in [9.17, 15) is 0 Å². The van der Waals surface area contributed by atoms with Crippen LogP contribution in [0.25, 0.3) is 0 Å². The van der Waals surface area contributed by atoms with E-state index in [1.807, 2.05) is 19.9 Å². The molecule has 2 aromatic heterocycles. The molecule has 1 saturated heterocycles. The number of ether oxygens (including phenoxy) is 1. The fourth-order valence-corrected chi connectivity index (χ4v) is 2.89. The van der Waals surface area contributed by atoms with Gasteiger partial charge in [0.15, 0.2) is 0 Å². The first-order valence-electron chi connectivity index (χ1n) is 8.63. The molecule has 1 fully saturated rings. The second-order valence-corrected chi connectivity index (χ2v) is 6.46. The third kappa shape index (κ3) is 4.04. The Labute approximate surface area is 149 Å². The van der Waals surface area contributed by atoms with Crippen LogP contribution in [0.1, 0.15) is 45.8 Å². The molecule has 3 rings (SSSR count). The van der Waals surface area contributed by atoms with Gasteiger partial charge in [-0.3, -0.25) is 5.41 Å². The van der Waals surface area contributed by atoms with E-state index in [0.29, 0.717) is 22.8 Å².